The number of carbonyl (C=O) groups excluding carboxylic acids is 1. The van der Waals surface area contributed by atoms with Crippen LogP contribution < -0.4 is 5.11 Å². The molecule has 0 aromatic heterocycles. The minimum atomic E-state index is -0.965. The van der Waals surface area contributed by atoms with Gasteiger partial charge in [0, 0.05) is 12.4 Å². The van der Waals surface area contributed by atoms with Gasteiger partial charge in [-0.1, -0.05) is 52.2 Å². The fraction of sp³-hybridized carbons (Fsp3) is 0.864. The zero-order valence-corrected chi connectivity index (χ0v) is 17.5. The van der Waals surface area contributed by atoms with Crippen LogP contribution in [0.1, 0.15) is 91.4 Å². The van der Waals surface area contributed by atoms with E-state index in [4.69, 9.17) is 0 Å². The number of nitrogens with zero attached hydrogens (tertiary/aromatic N) is 1. The van der Waals surface area contributed by atoms with E-state index in [0.717, 1.165) is 56.3 Å². The normalized spacial score (nSPS) is 13.4. The summed E-state index contributed by atoms with van der Waals surface area (Å²) < 4.78 is 0.857. The van der Waals surface area contributed by atoms with E-state index in [2.05, 4.69) is 32.9 Å². The molecule has 0 rings (SSSR count). The third-order valence-corrected chi connectivity index (χ3v) is 5.11. The van der Waals surface area contributed by atoms with Crippen LogP contribution in [-0.2, 0) is 4.79 Å². The summed E-state index contributed by atoms with van der Waals surface area (Å²) in [6, 6.07) is 0. The summed E-state index contributed by atoms with van der Waals surface area (Å²) in [5.74, 6) is -0.965. The van der Waals surface area contributed by atoms with Gasteiger partial charge in [-0.05, 0) is 44.9 Å². The molecule has 0 aromatic rings. The predicted molar refractivity (Wildman–Crippen MR) is 108 cm³/mol. The SMILES string of the molecule is CCC/C=C/CC(O)C[N+](CCCCC)(CCCCC)CCCC(=O)[O-]. The van der Waals surface area contributed by atoms with Gasteiger partial charge in [-0.25, -0.2) is 0 Å². The summed E-state index contributed by atoms with van der Waals surface area (Å²) in [6.07, 6.45) is 14.6. The summed E-state index contributed by atoms with van der Waals surface area (Å²) in [5.41, 5.74) is 0. The number of allylic oxidation sites excluding steroid dienone is 1. The molecule has 0 saturated carbocycles. The Morgan fingerprint density at radius 2 is 1.50 bits per heavy atom. The van der Waals surface area contributed by atoms with Gasteiger partial charge in [0.2, 0.25) is 0 Å². The number of carboxylic acids is 1. The monoisotopic (exact) mass is 369 g/mol. The standard InChI is InChI=1S/C22H43NO3/c1-4-7-10-11-15-21(24)20-23(17-12-8-5-2,18-13-9-6-3)19-14-16-22(25)26/h10-11,21,24H,4-9,12-20H2,1-3H3/b11-10+. The van der Waals surface area contributed by atoms with E-state index in [1.54, 1.807) is 0 Å². The molecule has 4 heteroatoms. The molecule has 0 aliphatic heterocycles. The van der Waals surface area contributed by atoms with E-state index >= 15 is 0 Å². The third kappa shape index (κ3) is 13.3. The Hall–Kier alpha value is -0.870. The van der Waals surface area contributed by atoms with Crippen molar-refractivity contribution in [3.8, 4) is 0 Å². The molecule has 0 aliphatic carbocycles. The smallest absolute Gasteiger partial charge is 0.106 e. The average Bonchev–Trinajstić information content (AvgIpc) is 2.59. The molecule has 0 radical (unpaired) electrons. The molecular formula is C22H43NO3. The van der Waals surface area contributed by atoms with Crippen LogP contribution in [0.2, 0.25) is 0 Å². The Morgan fingerprint density at radius 1 is 0.923 bits per heavy atom. The van der Waals surface area contributed by atoms with Crippen LogP contribution in [-0.4, -0.2) is 47.8 Å². The molecule has 0 bridgehead atoms. The van der Waals surface area contributed by atoms with Gasteiger partial charge in [-0.15, -0.1) is 0 Å². The van der Waals surface area contributed by atoms with Crippen LogP contribution in [0.15, 0.2) is 12.2 Å². The van der Waals surface area contributed by atoms with Gasteiger partial charge in [-0.2, -0.15) is 0 Å². The number of rotatable bonds is 18. The minimum absolute atomic E-state index is 0.119. The Morgan fingerprint density at radius 3 is 2.00 bits per heavy atom. The maximum Gasteiger partial charge on any atom is 0.106 e. The largest absolute Gasteiger partial charge is 0.550 e. The van der Waals surface area contributed by atoms with Crippen molar-refractivity contribution in [2.24, 2.45) is 0 Å². The molecule has 0 aliphatic rings. The molecule has 0 amide bonds. The summed E-state index contributed by atoms with van der Waals surface area (Å²) in [4.78, 5) is 10.9. The van der Waals surface area contributed by atoms with Gasteiger partial charge >= 0.3 is 0 Å². The fourth-order valence-electron chi connectivity index (χ4n) is 3.62. The fourth-order valence-corrected chi connectivity index (χ4v) is 3.62. The zero-order valence-electron chi connectivity index (χ0n) is 17.5. The van der Waals surface area contributed by atoms with Gasteiger partial charge < -0.3 is 19.5 Å². The third-order valence-electron chi connectivity index (χ3n) is 5.11. The van der Waals surface area contributed by atoms with Gasteiger partial charge in [0.1, 0.15) is 12.6 Å². The summed E-state index contributed by atoms with van der Waals surface area (Å²) >= 11 is 0. The number of aliphatic carboxylic acids is 1. The molecule has 1 atom stereocenters. The molecule has 0 heterocycles. The van der Waals surface area contributed by atoms with Gasteiger partial charge in [0.25, 0.3) is 0 Å². The number of hydrogen-bond donors (Lipinski definition) is 1. The summed E-state index contributed by atoms with van der Waals surface area (Å²) in [7, 11) is 0. The number of hydrogen-bond acceptors (Lipinski definition) is 3. The number of unbranched alkanes of at least 4 members (excludes halogenated alkanes) is 5. The van der Waals surface area contributed by atoms with Gasteiger partial charge in [-0.3, -0.25) is 0 Å². The Bertz CT molecular complexity index is 358. The van der Waals surface area contributed by atoms with Crippen molar-refractivity contribution < 1.29 is 19.5 Å². The lowest BCUT2D eigenvalue weighted by molar-refractivity contribution is -0.931. The highest BCUT2D eigenvalue weighted by atomic mass is 16.4. The second-order valence-electron chi connectivity index (χ2n) is 7.73. The number of aliphatic hydroxyl groups is 1. The highest BCUT2D eigenvalue weighted by Crippen LogP contribution is 2.18. The predicted octanol–water partition coefficient (Wildman–Crippen LogP) is 3.82. The van der Waals surface area contributed by atoms with Crippen LogP contribution in [0.5, 0.6) is 0 Å². The van der Waals surface area contributed by atoms with Gasteiger partial charge in [0.15, 0.2) is 0 Å². The minimum Gasteiger partial charge on any atom is -0.550 e. The van der Waals surface area contributed by atoms with Crippen molar-refractivity contribution in [3.05, 3.63) is 12.2 Å². The summed E-state index contributed by atoms with van der Waals surface area (Å²) in [6.45, 7) is 10.2. The lowest BCUT2D eigenvalue weighted by atomic mass is 10.1. The van der Waals surface area contributed by atoms with Crippen LogP contribution in [0.4, 0.5) is 0 Å². The number of carbonyl (C=O) groups is 1. The highest BCUT2D eigenvalue weighted by molar-refractivity contribution is 5.64. The molecule has 0 fully saturated rings. The highest BCUT2D eigenvalue weighted by Gasteiger charge is 2.29. The lowest BCUT2D eigenvalue weighted by Crippen LogP contribution is -2.54. The second kappa shape index (κ2) is 16.3. The molecule has 1 unspecified atom stereocenters. The number of carboxylic acid groups (broad SMARTS) is 1. The lowest BCUT2D eigenvalue weighted by Gasteiger charge is -2.40. The molecule has 4 nitrogen and oxygen atoms in total. The first kappa shape index (κ1) is 25.1. The topological polar surface area (TPSA) is 60.4 Å². The first-order chi connectivity index (χ1) is 12.5. The number of aliphatic hydroxyl groups excluding tert-OH is 1. The van der Waals surface area contributed by atoms with Crippen LogP contribution in [0, 0.1) is 0 Å². The Kier molecular flexibility index (Phi) is 15.8. The molecule has 26 heavy (non-hydrogen) atoms. The second-order valence-corrected chi connectivity index (χ2v) is 7.73. The first-order valence-electron chi connectivity index (χ1n) is 10.9. The van der Waals surface area contributed by atoms with Crippen molar-refractivity contribution in [2.45, 2.75) is 97.5 Å². The average molecular weight is 370 g/mol. The Labute approximate surface area is 161 Å². The van der Waals surface area contributed by atoms with E-state index in [1.165, 1.54) is 25.7 Å². The molecule has 0 aromatic carbocycles. The van der Waals surface area contributed by atoms with E-state index < -0.39 is 5.97 Å². The van der Waals surface area contributed by atoms with E-state index in [-0.39, 0.29) is 12.5 Å². The molecular weight excluding hydrogens is 326 g/mol. The van der Waals surface area contributed by atoms with Crippen LogP contribution >= 0.6 is 0 Å². The van der Waals surface area contributed by atoms with Crippen LogP contribution in [0.25, 0.3) is 0 Å². The maximum absolute atomic E-state index is 10.9. The quantitative estimate of drug-likeness (QED) is 0.227. The molecule has 1 N–H and O–H groups in total. The van der Waals surface area contributed by atoms with Crippen molar-refractivity contribution in [1.82, 2.24) is 0 Å². The summed E-state index contributed by atoms with van der Waals surface area (Å²) in [5, 5.41) is 21.5. The van der Waals surface area contributed by atoms with Crippen molar-refractivity contribution in [3.63, 3.8) is 0 Å². The van der Waals surface area contributed by atoms with E-state index in [1.807, 2.05) is 0 Å². The Balaban J connectivity index is 4.94. The van der Waals surface area contributed by atoms with E-state index in [0.29, 0.717) is 12.8 Å². The number of quaternary nitrogens is 1. The molecule has 0 saturated heterocycles. The zero-order chi connectivity index (χ0) is 19.7. The van der Waals surface area contributed by atoms with Crippen molar-refractivity contribution >= 4 is 5.97 Å². The first-order valence-corrected chi connectivity index (χ1v) is 10.9. The van der Waals surface area contributed by atoms with Crippen LogP contribution in [0.3, 0.4) is 0 Å². The van der Waals surface area contributed by atoms with Crippen molar-refractivity contribution in [1.29, 1.82) is 0 Å². The molecule has 154 valence electrons. The molecule has 0 spiro atoms. The van der Waals surface area contributed by atoms with Crippen molar-refractivity contribution in [2.75, 3.05) is 26.2 Å². The van der Waals surface area contributed by atoms with Gasteiger partial charge in [0.05, 0.1) is 19.6 Å². The maximum atomic E-state index is 10.9. The van der Waals surface area contributed by atoms with E-state index in [9.17, 15) is 15.0 Å².